The van der Waals surface area contributed by atoms with Gasteiger partial charge in [-0.25, -0.2) is 17.6 Å². The average Bonchev–Trinajstić information content (AvgIpc) is 2.83. The van der Waals surface area contributed by atoms with E-state index in [0.717, 1.165) is 18.2 Å². The largest absolute Gasteiger partial charge is 0.505 e. The first-order chi connectivity index (χ1) is 16.2. The fourth-order valence-corrected chi connectivity index (χ4v) is 4.73. The number of hydrogen-bond donors (Lipinski definition) is 2. The number of aromatic hydroxyl groups is 2. The summed E-state index contributed by atoms with van der Waals surface area (Å²) >= 11 is 0. The molecule has 0 bridgehead atoms. The van der Waals surface area contributed by atoms with Gasteiger partial charge in [-0.2, -0.15) is 8.78 Å². The van der Waals surface area contributed by atoms with Crippen LogP contribution in [-0.2, 0) is 6.42 Å². The fraction of sp³-hybridized carbons (Fsp3) is 0.308. The molecule has 0 aromatic heterocycles. The van der Waals surface area contributed by atoms with Gasteiger partial charge in [0.15, 0.2) is 34.8 Å². The summed E-state index contributed by atoms with van der Waals surface area (Å²) in [6.07, 6.45) is 3.39. The van der Waals surface area contributed by atoms with E-state index < -0.39 is 57.5 Å². The van der Waals surface area contributed by atoms with Crippen LogP contribution in [0.2, 0.25) is 0 Å². The summed E-state index contributed by atoms with van der Waals surface area (Å²) in [5, 5.41) is 18.5. The molecule has 0 spiro atoms. The first-order valence-corrected chi connectivity index (χ1v) is 11.0. The number of hydrogen-bond acceptors (Lipinski definition) is 2. The average molecular weight is 480 g/mol. The molecule has 2 nitrogen and oxygen atoms in total. The van der Waals surface area contributed by atoms with E-state index in [9.17, 15) is 36.6 Å². The first kappa shape index (κ1) is 24.0. The van der Waals surface area contributed by atoms with Crippen LogP contribution in [0.15, 0.2) is 36.4 Å². The summed E-state index contributed by atoms with van der Waals surface area (Å²) in [6, 6.07) is 6.89. The number of phenols is 2. The van der Waals surface area contributed by atoms with Gasteiger partial charge in [0.05, 0.1) is 0 Å². The van der Waals surface area contributed by atoms with Crippen LogP contribution in [0.3, 0.4) is 0 Å². The monoisotopic (exact) mass is 480 g/mol. The van der Waals surface area contributed by atoms with Crippen LogP contribution >= 0.6 is 0 Å². The van der Waals surface area contributed by atoms with Crippen LogP contribution < -0.4 is 0 Å². The number of phenolic OH excluding ortho intramolecular Hbond substituents is 2. The summed E-state index contributed by atoms with van der Waals surface area (Å²) in [5.74, 6) is -9.37. The van der Waals surface area contributed by atoms with Crippen molar-refractivity contribution in [1.82, 2.24) is 0 Å². The minimum atomic E-state index is -1.54. The smallest absolute Gasteiger partial charge is 0.200 e. The van der Waals surface area contributed by atoms with Gasteiger partial charge in [0.1, 0.15) is 0 Å². The summed E-state index contributed by atoms with van der Waals surface area (Å²) in [6.45, 7) is 0. The second kappa shape index (κ2) is 9.60. The zero-order valence-electron chi connectivity index (χ0n) is 18.0. The van der Waals surface area contributed by atoms with Crippen molar-refractivity contribution in [2.75, 3.05) is 0 Å². The Labute approximate surface area is 192 Å². The van der Waals surface area contributed by atoms with Crippen LogP contribution in [0.5, 0.6) is 11.5 Å². The van der Waals surface area contributed by atoms with Crippen molar-refractivity contribution in [3.05, 3.63) is 82.4 Å². The van der Waals surface area contributed by atoms with E-state index in [1.165, 1.54) is 18.2 Å². The lowest BCUT2D eigenvalue weighted by atomic mass is 9.76. The number of aryl methyl sites for hydroxylation is 1. The summed E-state index contributed by atoms with van der Waals surface area (Å²) in [5.41, 5.74) is -0.596. The molecule has 1 saturated carbocycles. The van der Waals surface area contributed by atoms with Gasteiger partial charge in [0, 0.05) is 11.1 Å². The Morgan fingerprint density at radius 3 is 1.76 bits per heavy atom. The molecule has 4 rings (SSSR count). The van der Waals surface area contributed by atoms with E-state index in [-0.39, 0.29) is 29.4 Å². The lowest BCUT2D eigenvalue weighted by Crippen LogP contribution is -2.15. The maximum Gasteiger partial charge on any atom is 0.200 e. The Morgan fingerprint density at radius 2 is 1.12 bits per heavy atom. The molecule has 8 heteroatoms. The molecule has 3 aromatic carbocycles. The normalized spacial score (nSPS) is 18.3. The van der Waals surface area contributed by atoms with Gasteiger partial charge in [0.25, 0.3) is 0 Å². The van der Waals surface area contributed by atoms with Crippen LogP contribution in [0.4, 0.5) is 26.3 Å². The van der Waals surface area contributed by atoms with Crippen molar-refractivity contribution < 1.29 is 36.6 Å². The van der Waals surface area contributed by atoms with Crippen molar-refractivity contribution in [3.63, 3.8) is 0 Å². The second-order valence-corrected chi connectivity index (χ2v) is 8.72. The highest BCUT2D eigenvalue weighted by Crippen LogP contribution is 2.40. The van der Waals surface area contributed by atoms with Gasteiger partial charge in [0.2, 0.25) is 11.6 Å². The molecule has 0 atom stereocenters. The van der Waals surface area contributed by atoms with E-state index in [4.69, 9.17) is 0 Å². The highest BCUT2D eigenvalue weighted by atomic mass is 19.2. The number of rotatable bonds is 5. The molecule has 1 aliphatic rings. The van der Waals surface area contributed by atoms with Crippen molar-refractivity contribution in [2.24, 2.45) is 5.92 Å². The van der Waals surface area contributed by atoms with Crippen molar-refractivity contribution in [3.8, 4) is 22.6 Å². The molecular weight excluding hydrogens is 458 g/mol. The quantitative estimate of drug-likeness (QED) is 0.371. The van der Waals surface area contributed by atoms with Gasteiger partial charge in [-0.1, -0.05) is 18.2 Å². The topological polar surface area (TPSA) is 40.5 Å². The van der Waals surface area contributed by atoms with E-state index >= 15 is 0 Å². The SMILES string of the molecule is Oc1ccc(-c2ccc(CCC3CCC(c4ccc(O)c(F)c4F)CC3)c(F)c2F)c(F)c1F. The minimum Gasteiger partial charge on any atom is -0.505 e. The summed E-state index contributed by atoms with van der Waals surface area (Å²) < 4.78 is 84.8. The molecule has 0 aliphatic heterocycles. The summed E-state index contributed by atoms with van der Waals surface area (Å²) in [4.78, 5) is 0. The molecule has 0 amide bonds. The van der Waals surface area contributed by atoms with E-state index in [0.29, 0.717) is 32.1 Å². The maximum atomic E-state index is 14.7. The van der Waals surface area contributed by atoms with Crippen LogP contribution in [0.1, 0.15) is 49.1 Å². The zero-order valence-corrected chi connectivity index (χ0v) is 18.0. The molecule has 180 valence electrons. The van der Waals surface area contributed by atoms with Gasteiger partial charge < -0.3 is 10.2 Å². The van der Waals surface area contributed by atoms with Gasteiger partial charge in [-0.15, -0.1) is 0 Å². The second-order valence-electron chi connectivity index (χ2n) is 8.72. The van der Waals surface area contributed by atoms with Crippen LogP contribution in [-0.4, -0.2) is 10.2 Å². The Bertz CT molecular complexity index is 1220. The molecule has 34 heavy (non-hydrogen) atoms. The van der Waals surface area contributed by atoms with E-state index in [1.807, 2.05) is 0 Å². The highest BCUT2D eigenvalue weighted by molar-refractivity contribution is 5.66. The molecule has 0 radical (unpaired) electrons. The van der Waals surface area contributed by atoms with Gasteiger partial charge >= 0.3 is 0 Å². The lowest BCUT2D eigenvalue weighted by Gasteiger charge is -2.29. The number of halogens is 6. The third-order valence-electron chi connectivity index (χ3n) is 6.71. The van der Waals surface area contributed by atoms with Crippen LogP contribution in [0.25, 0.3) is 11.1 Å². The standard InChI is InChI=1S/C26H22F6O2/c27-21-15(7-8-17(23(21)29)18-10-12-20(34)26(32)24(18)30)6-3-13-1-4-14(5-2-13)16-9-11-19(33)25(31)22(16)28/h7-14,33-34H,1-6H2. The van der Waals surface area contributed by atoms with Crippen molar-refractivity contribution in [1.29, 1.82) is 0 Å². The van der Waals surface area contributed by atoms with E-state index in [2.05, 4.69) is 0 Å². The van der Waals surface area contributed by atoms with Crippen molar-refractivity contribution >= 4 is 0 Å². The lowest BCUT2D eigenvalue weighted by molar-refractivity contribution is 0.302. The first-order valence-electron chi connectivity index (χ1n) is 11.0. The number of benzene rings is 3. The molecule has 1 aliphatic carbocycles. The predicted molar refractivity (Wildman–Crippen MR) is 114 cm³/mol. The van der Waals surface area contributed by atoms with Gasteiger partial charge in [-0.3, -0.25) is 0 Å². The van der Waals surface area contributed by atoms with E-state index in [1.54, 1.807) is 0 Å². The molecule has 2 N–H and O–H groups in total. The molecule has 0 heterocycles. The molecule has 0 saturated heterocycles. The minimum absolute atomic E-state index is 0.106. The predicted octanol–water partition coefficient (Wildman–Crippen LogP) is 7.51. The molecule has 1 fully saturated rings. The Kier molecular flexibility index (Phi) is 6.77. The maximum absolute atomic E-state index is 14.7. The Balaban J connectivity index is 1.41. The molecule has 0 unspecified atom stereocenters. The fourth-order valence-electron chi connectivity index (χ4n) is 4.73. The molecular formula is C26H22F6O2. The Hall–Kier alpha value is -3.16. The highest BCUT2D eigenvalue weighted by Gasteiger charge is 2.27. The van der Waals surface area contributed by atoms with Crippen LogP contribution in [0, 0.1) is 40.8 Å². The Morgan fingerprint density at radius 1 is 0.588 bits per heavy atom. The summed E-state index contributed by atoms with van der Waals surface area (Å²) in [7, 11) is 0. The van der Waals surface area contributed by atoms with Gasteiger partial charge in [-0.05, 0) is 79.7 Å². The van der Waals surface area contributed by atoms with Crippen molar-refractivity contribution in [2.45, 2.75) is 44.4 Å². The third-order valence-corrected chi connectivity index (χ3v) is 6.71. The molecule has 3 aromatic rings. The zero-order chi connectivity index (χ0) is 24.6. The third kappa shape index (κ3) is 4.45.